The lowest BCUT2D eigenvalue weighted by Crippen LogP contribution is -2.36. The Hall–Kier alpha value is -2.77. The third-order valence-corrected chi connectivity index (χ3v) is 4.02. The SMILES string of the molecule is O=C(NCc1[nH]nc2ncccc12)C1CCc2ncnn2C1. The van der Waals surface area contributed by atoms with Gasteiger partial charge >= 0.3 is 0 Å². The van der Waals surface area contributed by atoms with Crippen molar-refractivity contribution < 1.29 is 4.79 Å². The minimum absolute atomic E-state index is 0.0350. The molecule has 112 valence electrons. The number of carbonyl (C=O) groups is 1. The molecule has 4 heterocycles. The maximum Gasteiger partial charge on any atom is 0.225 e. The molecule has 0 bridgehead atoms. The summed E-state index contributed by atoms with van der Waals surface area (Å²) in [7, 11) is 0. The number of aromatic nitrogens is 6. The van der Waals surface area contributed by atoms with Crippen LogP contribution in [-0.4, -0.2) is 35.9 Å². The monoisotopic (exact) mass is 297 g/mol. The first-order valence-corrected chi connectivity index (χ1v) is 7.23. The number of hydrogen-bond donors (Lipinski definition) is 2. The molecular weight excluding hydrogens is 282 g/mol. The first-order valence-electron chi connectivity index (χ1n) is 7.23. The van der Waals surface area contributed by atoms with E-state index < -0.39 is 0 Å². The van der Waals surface area contributed by atoms with Crippen molar-refractivity contribution in [2.24, 2.45) is 5.92 Å². The fourth-order valence-electron chi connectivity index (χ4n) is 2.81. The molecule has 8 heteroatoms. The highest BCUT2D eigenvalue weighted by molar-refractivity contribution is 5.80. The molecule has 1 atom stereocenters. The predicted molar refractivity (Wildman–Crippen MR) is 77.6 cm³/mol. The van der Waals surface area contributed by atoms with Crippen LogP contribution in [0.4, 0.5) is 0 Å². The molecule has 0 saturated heterocycles. The summed E-state index contributed by atoms with van der Waals surface area (Å²) in [6.45, 7) is 1.01. The number of aryl methyl sites for hydroxylation is 1. The molecule has 0 fully saturated rings. The quantitative estimate of drug-likeness (QED) is 0.730. The molecule has 22 heavy (non-hydrogen) atoms. The fourth-order valence-corrected chi connectivity index (χ4v) is 2.81. The molecular formula is C14H15N7O. The summed E-state index contributed by atoms with van der Waals surface area (Å²) in [6.07, 6.45) is 4.83. The van der Waals surface area contributed by atoms with Gasteiger partial charge in [-0.1, -0.05) is 0 Å². The second kappa shape index (κ2) is 5.21. The Bertz CT molecular complexity index is 821. The van der Waals surface area contributed by atoms with E-state index in [-0.39, 0.29) is 11.8 Å². The Morgan fingerprint density at radius 2 is 2.41 bits per heavy atom. The van der Waals surface area contributed by atoms with Crippen LogP contribution >= 0.6 is 0 Å². The Morgan fingerprint density at radius 1 is 1.45 bits per heavy atom. The van der Waals surface area contributed by atoms with Crippen LogP contribution in [0, 0.1) is 5.92 Å². The Labute approximate surface area is 126 Å². The van der Waals surface area contributed by atoms with E-state index in [0.29, 0.717) is 18.7 Å². The van der Waals surface area contributed by atoms with Gasteiger partial charge in [-0.3, -0.25) is 9.89 Å². The second-order valence-corrected chi connectivity index (χ2v) is 5.39. The lowest BCUT2D eigenvalue weighted by molar-refractivity contribution is -0.126. The van der Waals surface area contributed by atoms with Crippen molar-refractivity contribution in [3.8, 4) is 0 Å². The van der Waals surface area contributed by atoms with Crippen LogP contribution in [0.15, 0.2) is 24.7 Å². The van der Waals surface area contributed by atoms with Gasteiger partial charge in [0, 0.05) is 18.0 Å². The molecule has 3 aromatic heterocycles. The van der Waals surface area contributed by atoms with Gasteiger partial charge in [-0.2, -0.15) is 10.2 Å². The number of pyridine rings is 1. The molecule has 1 unspecified atom stereocenters. The normalized spacial score (nSPS) is 17.4. The number of hydrogen-bond acceptors (Lipinski definition) is 5. The van der Waals surface area contributed by atoms with Gasteiger partial charge in [0.1, 0.15) is 12.2 Å². The van der Waals surface area contributed by atoms with Gasteiger partial charge in [0.25, 0.3) is 0 Å². The number of aromatic amines is 1. The first kappa shape index (κ1) is 12.9. The van der Waals surface area contributed by atoms with Gasteiger partial charge < -0.3 is 5.32 Å². The van der Waals surface area contributed by atoms with Crippen LogP contribution in [0.1, 0.15) is 17.9 Å². The van der Waals surface area contributed by atoms with Crippen LogP contribution in [0.2, 0.25) is 0 Å². The second-order valence-electron chi connectivity index (χ2n) is 5.39. The van der Waals surface area contributed by atoms with Gasteiger partial charge in [0.2, 0.25) is 5.91 Å². The molecule has 0 radical (unpaired) electrons. The Morgan fingerprint density at radius 3 is 3.36 bits per heavy atom. The van der Waals surface area contributed by atoms with Crippen LogP contribution in [0.3, 0.4) is 0 Å². The maximum absolute atomic E-state index is 12.3. The number of nitrogens with zero attached hydrogens (tertiary/aromatic N) is 5. The molecule has 8 nitrogen and oxygen atoms in total. The van der Waals surface area contributed by atoms with Crippen molar-refractivity contribution in [3.63, 3.8) is 0 Å². The zero-order valence-electron chi connectivity index (χ0n) is 11.9. The number of fused-ring (bicyclic) bond motifs is 2. The highest BCUT2D eigenvalue weighted by Gasteiger charge is 2.25. The number of H-pyrrole nitrogens is 1. The van der Waals surface area contributed by atoms with E-state index in [0.717, 1.165) is 29.7 Å². The van der Waals surface area contributed by atoms with Crippen molar-refractivity contribution in [3.05, 3.63) is 36.2 Å². The highest BCUT2D eigenvalue weighted by atomic mass is 16.1. The largest absolute Gasteiger partial charge is 0.350 e. The summed E-state index contributed by atoms with van der Waals surface area (Å²) in [4.78, 5) is 20.7. The van der Waals surface area contributed by atoms with Gasteiger partial charge in [0.05, 0.1) is 24.7 Å². The summed E-state index contributed by atoms with van der Waals surface area (Å²) < 4.78 is 1.81. The first-order chi connectivity index (χ1) is 10.8. The molecule has 0 aromatic carbocycles. The molecule has 0 aliphatic carbocycles. The maximum atomic E-state index is 12.3. The summed E-state index contributed by atoms with van der Waals surface area (Å²) in [5, 5.41) is 15.1. The number of amides is 1. The van der Waals surface area contributed by atoms with E-state index in [1.54, 1.807) is 12.5 Å². The minimum atomic E-state index is -0.0680. The van der Waals surface area contributed by atoms with Crippen molar-refractivity contribution in [1.82, 2.24) is 35.3 Å². The van der Waals surface area contributed by atoms with Crippen LogP contribution < -0.4 is 5.32 Å². The standard InChI is InChI=1S/C14H15N7O/c22-14(9-3-4-12-17-8-18-21(12)7-9)16-6-11-10-2-1-5-15-13(10)20-19-11/h1-2,5,8-9H,3-4,6-7H2,(H,16,22)(H,15,19,20). The van der Waals surface area contributed by atoms with E-state index in [1.807, 2.05) is 16.8 Å². The zero-order valence-corrected chi connectivity index (χ0v) is 11.9. The van der Waals surface area contributed by atoms with Gasteiger partial charge in [0.15, 0.2) is 5.65 Å². The van der Waals surface area contributed by atoms with Crippen molar-refractivity contribution in [2.75, 3.05) is 0 Å². The Kier molecular flexibility index (Phi) is 3.06. The van der Waals surface area contributed by atoms with Crippen LogP contribution in [-0.2, 0) is 24.3 Å². The van der Waals surface area contributed by atoms with Crippen LogP contribution in [0.25, 0.3) is 11.0 Å². The summed E-state index contributed by atoms with van der Waals surface area (Å²) in [5.41, 5.74) is 1.53. The van der Waals surface area contributed by atoms with E-state index in [4.69, 9.17) is 0 Å². The van der Waals surface area contributed by atoms with E-state index >= 15 is 0 Å². The minimum Gasteiger partial charge on any atom is -0.350 e. The molecule has 4 rings (SSSR count). The summed E-state index contributed by atoms with van der Waals surface area (Å²) >= 11 is 0. The van der Waals surface area contributed by atoms with E-state index in [1.165, 1.54) is 0 Å². The Balaban J connectivity index is 1.43. The molecule has 1 aliphatic rings. The van der Waals surface area contributed by atoms with Gasteiger partial charge in [-0.15, -0.1) is 0 Å². The van der Waals surface area contributed by atoms with Gasteiger partial charge in [-0.05, 0) is 18.6 Å². The lowest BCUT2D eigenvalue weighted by Gasteiger charge is -2.21. The van der Waals surface area contributed by atoms with Crippen LogP contribution in [0.5, 0.6) is 0 Å². The number of nitrogens with one attached hydrogen (secondary N) is 2. The average Bonchev–Trinajstić information content (AvgIpc) is 3.18. The van der Waals surface area contributed by atoms with Crippen molar-refractivity contribution >= 4 is 16.9 Å². The molecule has 0 saturated carbocycles. The zero-order chi connectivity index (χ0) is 14.9. The van der Waals surface area contributed by atoms with E-state index in [2.05, 4.69) is 30.6 Å². The molecule has 0 spiro atoms. The smallest absolute Gasteiger partial charge is 0.225 e. The van der Waals surface area contributed by atoms with Crippen molar-refractivity contribution in [2.45, 2.75) is 25.9 Å². The predicted octanol–water partition coefficient (Wildman–Crippen LogP) is 0.428. The highest BCUT2D eigenvalue weighted by Crippen LogP contribution is 2.18. The third kappa shape index (κ3) is 2.22. The summed E-state index contributed by atoms with van der Waals surface area (Å²) in [6, 6.07) is 3.80. The van der Waals surface area contributed by atoms with E-state index in [9.17, 15) is 4.79 Å². The molecule has 1 aliphatic heterocycles. The molecule has 3 aromatic rings. The number of rotatable bonds is 3. The van der Waals surface area contributed by atoms with Crippen molar-refractivity contribution in [1.29, 1.82) is 0 Å². The average molecular weight is 297 g/mol. The fraction of sp³-hybridized carbons (Fsp3) is 0.357. The molecule has 1 amide bonds. The topological polar surface area (TPSA) is 101 Å². The third-order valence-electron chi connectivity index (χ3n) is 4.02. The van der Waals surface area contributed by atoms with Gasteiger partial charge in [-0.25, -0.2) is 14.6 Å². The summed E-state index contributed by atoms with van der Waals surface area (Å²) in [5.74, 6) is 0.920. The molecule has 2 N–H and O–H groups in total. The number of carbonyl (C=O) groups excluding carboxylic acids is 1. The lowest BCUT2D eigenvalue weighted by atomic mass is 9.99.